The summed E-state index contributed by atoms with van der Waals surface area (Å²) < 4.78 is 4.94. The second-order valence-electron chi connectivity index (χ2n) is 5.20. The van der Waals surface area contributed by atoms with Crippen molar-refractivity contribution in [1.29, 1.82) is 0 Å². The summed E-state index contributed by atoms with van der Waals surface area (Å²) in [4.78, 5) is 29.5. The van der Waals surface area contributed by atoms with Crippen LogP contribution in [0.3, 0.4) is 0 Å². The molecule has 0 aromatic heterocycles. The van der Waals surface area contributed by atoms with Crippen LogP contribution in [0.25, 0.3) is 0 Å². The average molecular weight is 292 g/mol. The number of nitrogens with one attached hydrogen (secondary N) is 1. The van der Waals surface area contributed by atoms with Crippen LogP contribution in [0.1, 0.15) is 25.3 Å². The summed E-state index contributed by atoms with van der Waals surface area (Å²) in [6.45, 7) is 3.59. The molecule has 21 heavy (non-hydrogen) atoms. The smallest absolute Gasteiger partial charge is 0.441 e. The van der Waals surface area contributed by atoms with Gasteiger partial charge in [-0.05, 0) is 24.3 Å². The van der Waals surface area contributed by atoms with Crippen molar-refractivity contribution in [2.24, 2.45) is 5.92 Å². The van der Waals surface area contributed by atoms with Crippen LogP contribution in [-0.4, -0.2) is 30.2 Å². The molecule has 0 unspecified atom stereocenters. The van der Waals surface area contributed by atoms with Gasteiger partial charge < -0.3 is 14.5 Å². The van der Waals surface area contributed by atoms with E-state index in [1.54, 1.807) is 4.90 Å². The van der Waals surface area contributed by atoms with Gasteiger partial charge in [0.05, 0.1) is 0 Å². The Morgan fingerprint density at radius 1 is 1.24 bits per heavy atom. The van der Waals surface area contributed by atoms with Gasteiger partial charge in [-0.25, -0.2) is 9.59 Å². The molecule has 0 radical (unpaired) electrons. The predicted octanol–water partition coefficient (Wildman–Crippen LogP) is 2.70. The van der Waals surface area contributed by atoms with Gasteiger partial charge in [-0.15, -0.1) is 5.48 Å². The van der Waals surface area contributed by atoms with Crippen LogP contribution in [0, 0.1) is 5.92 Å². The molecule has 1 heterocycles. The van der Waals surface area contributed by atoms with E-state index < -0.39 is 12.2 Å². The number of likely N-dealkylation sites (tertiary alicyclic amines) is 1. The highest BCUT2D eigenvalue weighted by molar-refractivity contribution is 5.72. The highest BCUT2D eigenvalue weighted by atomic mass is 16.7. The van der Waals surface area contributed by atoms with Crippen molar-refractivity contribution in [2.75, 3.05) is 13.1 Å². The number of amides is 2. The largest absolute Gasteiger partial charge is 0.443 e. The molecular formula is C15H20N2O4. The first-order valence-electron chi connectivity index (χ1n) is 7.07. The molecule has 1 N–H and O–H groups in total. The molecule has 114 valence electrons. The topological polar surface area (TPSA) is 67.9 Å². The van der Waals surface area contributed by atoms with Crippen LogP contribution in [-0.2, 0) is 16.2 Å². The zero-order valence-electron chi connectivity index (χ0n) is 12.1. The second kappa shape index (κ2) is 7.52. The number of benzene rings is 1. The van der Waals surface area contributed by atoms with Gasteiger partial charge in [0.2, 0.25) is 0 Å². The van der Waals surface area contributed by atoms with E-state index in [0.29, 0.717) is 19.0 Å². The van der Waals surface area contributed by atoms with Crippen LogP contribution >= 0.6 is 0 Å². The summed E-state index contributed by atoms with van der Waals surface area (Å²) in [5.41, 5.74) is 2.87. The lowest BCUT2D eigenvalue weighted by atomic mass is 10.00. The Bertz CT molecular complexity index is 470. The monoisotopic (exact) mass is 292 g/mol. The van der Waals surface area contributed by atoms with Gasteiger partial charge in [0.25, 0.3) is 0 Å². The summed E-state index contributed by atoms with van der Waals surface area (Å²) in [7, 11) is 0. The van der Waals surface area contributed by atoms with E-state index in [4.69, 9.17) is 9.57 Å². The van der Waals surface area contributed by atoms with E-state index in [-0.39, 0.29) is 6.61 Å². The lowest BCUT2D eigenvalue weighted by molar-refractivity contribution is 0.0343. The van der Waals surface area contributed by atoms with E-state index in [1.807, 2.05) is 35.8 Å². The molecule has 0 atom stereocenters. The summed E-state index contributed by atoms with van der Waals surface area (Å²) >= 11 is 0. The number of carbonyl (C=O) groups is 2. The lowest BCUT2D eigenvalue weighted by Gasteiger charge is -2.28. The first-order chi connectivity index (χ1) is 10.1. The molecule has 0 bridgehead atoms. The molecule has 6 heteroatoms. The van der Waals surface area contributed by atoms with Crippen molar-refractivity contribution in [3.63, 3.8) is 0 Å². The predicted molar refractivity (Wildman–Crippen MR) is 76.2 cm³/mol. The van der Waals surface area contributed by atoms with Crippen molar-refractivity contribution in [1.82, 2.24) is 10.4 Å². The first-order valence-corrected chi connectivity index (χ1v) is 7.07. The molecule has 2 rings (SSSR count). The molecule has 1 aromatic carbocycles. The Hall–Kier alpha value is -2.24. The maximum atomic E-state index is 11.7. The summed E-state index contributed by atoms with van der Waals surface area (Å²) in [5.74, 6) is 0.623. The Labute approximate surface area is 124 Å². The number of rotatable bonds is 2. The fraction of sp³-hybridized carbons (Fsp3) is 0.467. The number of hydrogen-bond donors (Lipinski definition) is 1. The Balaban J connectivity index is 1.65. The second-order valence-corrected chi connectivity index (χ2v) is 5.20. The minimum Gasteiger partial charge on any atom is -0.443 e. The van der Waals surface area contributed by atoms with Crippen LogP contribution < -0.4 is 5.48 Å². The maximum absolute atomic E-state index is 11.7. The number of hydroxylamine groups is 1. The molecule has 1 aliphatic rings. The third-order valence-electron chi connectivity index (χ3n) is 3.48. The van der Waals surface area contributed by atoms with Crippen LogP contribution in [0.5, 0.6) is 0 Å². The van der Waals surface area contributed by atoms with E-state index in [2.05, 4.69) is 6.92 Å². The molecule has 1 fully saturated rings. The van der Waals surface area contributed by atoms with Gasteiger partial charge in [0.1, 0.15) is 6.61 Å². The van der Waals surface area contributed by atoms with Gasteiger partial charge >= 0.3 is 12.2 Å². The fourth-order valence-electron chi connectivity index (χ4n) is 2.09. The number of ether oxygens (including phenoxy) is 1. The van der Waals surface area contributed by atoms with Gasteiger partial charge in [-0.2, -0.15) is 0 Å². The zero-order valence-corrected chi connectivity index (χ0v) is 12.1. The van der Waals surface area contributed by atoms with Crippen molar-refractivity contribution < 1.29 is 19.2 Å². The standard InChI is InChI=1S/C15H20N2O4/c1-12-7-9-17(10-8-12)15(19)21-16-14(18)20-11-13-5-3-2-4-6-13/h2-6,12H,7-11H2,1H3,(H,16,18). The normalized spacial score (nSPS) is 15.4. The van der Waals surface area contributed by atoms with Gasteiger partial charge in [-0.1, -0.05) is 37.3 Å². The third-order valence-corrected chi connectivity index (χ3v) is 3.48. The summed E-state index contributed by atoms with van der Waals surface area (Å²) in [5, 5.41) is 0. The molecule has 0 aliphatic carbocycles. The van der Waals surface area contributed by atoms with Crippen molar-refractivity contribution >= 4 is 12.2 Å². The Morgan fingerprint density at radius 2 is 1.90 bits per heavy atom. The molecule has 0 saturated carbocycles. The average Bonchev–Trinajstić information content (AvgIpc) is 2.52. The van der Waals surface area contributed by atoms with Crippen molar-refractivity contribution in [3.05, 3.63) is 35.9 Å². The fourth-order valence-corrected chi connectivity index (χ4v) is 2.09. The van der Waals surface area contributed by atoms with Gasteiger partial charge in [0.15, 0.2) is 0 Å². The minimum absolute atomic E-state index is 0.130. The van der Waals surface area contributed by atoms with Crippen molar-refractivity contribution in [3.8, 4) is 0 Å². The quantitative estimate of drug-likeness (QED) is 0.851. The van der Waals surface area contributed by atoms with Gasteiger partial charge in [-0.3, -0.25) is 0 Å². The molecule has 2 amide bonds. The number of hydrogen-bond acceptors (Lipinski definition) is 4. The maximum Gasteiger partial charge on any atom is 0.441 e. The first kappa shape index (κ1) is 15.2. The lowest BCUT2D eigenvalue weighted by Crippen LogP contribution is -2.41. The summed E-state index contributed by atoms with van der Waals surface area (Å²) in [6, 6.07) is 9.27. The third kappa shape index (κ3) is 4.98. The van der Waals surface area contributed by atoms with Crippen molar-refractivity contribution in [2.45, 2.75) is 26.4 Å². The molecule has 1 saturated heterocycles. The Morgan fingerprint density at radius 3 is 2.57 bits per heavy atom. The minimum atomic E-state index is -0.780. The highest BCUT2D eigenvalue weighted by Crippen LogP contribution is 2.16. The molecule has 6 nitrogen and oxygen atoms in total. The Kier molecular flexibility index (Phi) is 5.43. The number of piperidine rings is 1. The van der Waals surface area contributed by atoms with E-state index in [9.17, 15) is 9.59 Å². The van der Waals surface area contributed by atoms with Gasteiger partial charge in [0, 0.05) is 13.1 Å². The number of carbonyl (C=O) groups excluding carboxylic acids is 2. The van der Waals surface area contributed by atoms with E-state index in [0.717, 1.165) is 18.4 Å². The molecule has 0 spiro atoms. The summed E-state index contributed by atoms with van der Waals surface area (Å²) in [6.07, 6.45) is 0.581. The number of nitrogens with zero attached hydrogens (tertiary/aromatic N) is 1. The van der Waals surface area contributed by atoms with Crippen LogP contribution in [0.15, 0.2) is 30.3 Å². The highest BCUT2D eigenvalue weighted by Gasteiger charge is 2.22. The molecule has 1 aliphatic heterocycles. The van der Waals surface area contributed by atoms with Crippen LogP contribution in [0.2, 0.25) is 0 Å². The molecular weight excluding hydrogens is 272 g/mol. The zero-order chi connectivity index (χ0) is 15.1. The molecule has 1 aromatic rings. The van der Waals surface area contributed by atoms with Crippen LogP contribution in [0.4, 0.5) is 9.59 Å². The van der Waals surface area contributed by atoms with E-state index >= 15 is 0 Å². The SMILES string of the molecule is CC1CCN(C(=O)ONC(=O)OCc2ccccc2)CC1. The van der Waals surface area contributed by atoms with E-state index in [1.165, 1.54) is 0 Å².